The summed E-state index contributed by atoms with van der Waals surface area (Å²) in [7, 11) is -0.389. The van der Waals surface area contributed by atoms with Crippen molar-refractivity contribution in [2.45, 2.75) is 13.8 Å². The molecule has 0 spiro atoms. The third-order valence-electron chi connectivity index (χ3n) is 4.84. The number of hydrogen-bond donors (Lipinski definition) is 0. The van der Waals surface area contributed by atoms with Gasteiger partial charge in [0.15, 0.2) is 0 Å². The molecule has 2 rings (SSSR count). The van der Waals surface area contributed by atoms with E-state index in [-0.39, 0.29) is 31.7 Å². The predicted molar refractivity (Wildman–Crippen MR) is 135 cm³/mol. The first kappa shape index (κ1) is 22.4. The Kier molecular flexibility index (Phi) is 8.71. The molecule has 0 saturated heterocycles. The Bertz CT molecular complexity index is 702. The van der Waals surface area contributed by atoms with E-state index in [2.05, 4.69) is 90.2 Å². The van der Waals surface area contributed by atoms with Gasteiger partial charge in [0.25, 0.3) is 0 Å². The number of benzene rings is 2. The lowest BCUT2D eigenvalue weighted by Gasteiger charge is -2.26. The van der Waals surface area contributed by atoms with Crippen molar-refractivity contribution >= 4 is 52.9 Å². The average molecular weight is 422 g/mol. The van der Waals surface area contributed by atoms with E-state index < -0.39 is 0 Å². The van der Waals surface area contributed by atoms with Gasteiger partial charge in [-0.2, -0.15) is 0 Å². The quantitative estimate of drug-likeness (QED) is 0.510. The highest BCUT2D eigenvalue weighted by Gasteiger charge is 2.21. The van der Waals surface area contributed by atoms with Gasteiger partial charge in [0.2, 0.25) is 0 Å². The van der Waals surface area contributed by atoms with Crippen LogP contribution >= 0.6 is 31.7 Å². The van der Waals surface area contributed by atoms with Gasteiger partial charge in [0, 0.05) is 0 Å². The molecule has 0 N–H and O–H groups in total. The zero-order valence-corrected chi connectivity index (χ0v) is 21.2. The monoisotopic (exact) mass is 422 g/mol. The largest absolute Gasteiger partial charge is 0.0816 e. The average Bonchev–Trinajstić information content (AvgIpc) is 2.61. The summed E-state index contributed by atoms with van der Waals surface area (Å²) < 4.78 is 0. The maximum Gasteiger partial charge on any atom is -0.00235 e. The molecule has 0 radical (unpaired) electrons. The van der Waals surface area contributed by atoms with Gasteiger partial charge < -0.3 is 0 Å². The lowest BCUT2D eigenvalue weighted by Crippen LogP contribution is -2.25. The number of rotatable bonds is 7. The molecule has 0 nitrogen and oxygen atoms in total. The molecule has 0 heterocycles. The summed E-state index contributed by atoms with van der Waals surface area (Å²) in [6, 6.07) is 14.4. The second-order valence-corrected chi connectivity index (χ2v) is 16.9. The minimum absolute atomic E-state index is 0.0603. The molecule has 0 aliphatic rings. The second-order valence-electron chi connectivity index (χ2n) is 7.23. The topological polar surface area (TPSA) is 0 Å². The van der Waals surface area contributed by atoms with Gasteiger partial charge in [-0.05, 0) is 96.8 Å². The maximum atomic E-state index is 2.55. The van der Waals surface area contributed by atoms with Crippen LogP contribution in [0.4, 0.5) is 0 Å². The Hall–Kier alpha value is 0.160. The predicted octanol–water partition coefficient (Wildman–Crippen LogP) is 5.60. The van der Waals surface area contributed by atoms with E-state index in [1.807, 2.05) is 0 Å². The summed E-state index contributed by atoms with van der Waals surface area (Å²) in [5.41, 5.74) is 3.12. The van der Waals surface area contributed by atoms with Crippen molar-refractivity contribution in [3.8, 4) is 11.1 Å². The highest BCUT2D eigenvalue weighted by atomic mass is 31.1. The first-order valence-electron chi connectivity index (χ1n) is 9.36. The lowest BCUT2D eigenvalue weighted by molar-refractivity contribution is 1.42. The molecule has 0 aliphatic heterocycles. The molecule has 2 aromatic carbocycles. The third-order valence-corrected chi connectivity index (χ3v) is 11.4. The summed E-state index contributed by atoms with van der Waals surface area (Å²) in [6.45, 7) is 19.2. The molecular weight excluding hydrogens is 388 g/mol. The van der Waals surface area contributed by atoms with E-state index in [0.717, 1.165) is 0 Å². The summed E-state index contributed by atoms with van der Waals surface area (Å²) in [6.07, 6.45) is 2.56. The fraction of sp³-hybridized carbons (Fsp3) is 0.455. The van der Waals surface area contributed by atoms with Crippen LogP contribution in [0.2, 0.25) is 0 Å². The third kappa shape index (κ3) is 4.95. The standard InChI is InChI=1S/C22H34P4/c1-9-26(10-2)19-14-12-11-13-18(19)22-20(24(5)6)15-17(23(3)4)16-21(22)25(7)8/h11-16H,9-10H2,1-8H3. The fourth-order valence-corrected chi connectivity index (χ4v) is 8.55. The molecule has 142 valence electrons. The molecule has 0 aromatic heterocycles. The summed E-state index contributed by atoms with van der Waals surface area (Å²) in [4.78, 5) is 0. The maximum absolute atomic E-state index is 2.55. The van der Waals surface area contributed by atoms with Crippen molar-refractivity contribution in [3.05, 3.63) is 36.4 Å². The highest BCUT2D eigenvalue weighted by molar-refractivity contribution is 7.68. The molecule has 0 unspecified atom stereocenters. The van der Waals surface area contributed by atoms with Gasteiger partial charge in [0.05, 0.1) is 0 Å². The number of hydrogen-bond acceptors (Lipinski definition) is 0. The molecule has 0 atom stereocenters. The Labute approximate surface area is 166 Å². The van der Waals surface area contributed by atoms with Gasteiger partial charge in [-0.25, -0.2) is 0 Å². The molecule has 2 aromatic rings. The van der Waals surface area contributed by atoms with Crippen LogP contribution in [-0.2, 0) is 0 Å². The van der Waals surface area contributed by atoms with Crippen LogP contribution in [0, 0.1) is 0 Å². The summed E-state index contributed by atoms with van der Waals surface area (Å²) in [5.74, 6) is 0. The molecule has 0 bridgehead atoms. The van der Waals surface area contributed by atoms with E-state index in [1.165, 1.54) is 17.9 Å². The van der Waals surface area contributed by atoms with E-state index >= 15 is 0 Å². The highest BCUT2D eigenvalue weighted by Crippen LogP contribution is 2.41. The first-order valence-corrected chi connectivity index (χ1v) is 17.8. The molecule has 4 heteroatoms. The fourth-order valence-electron chi connectivity index (χ4n) is 3.36. The Morgan fingerprint density at radius 2 is 1.15 bits per heavy atom. The minimum atomic E-state index is -0.134. The first-order chi connectivity index (χ1) is 12.3. The summed E-state index contributed by atoms with van der Waals surface area (Å²) in [5, 5.41) is 6.43. The smallest absolute Gasteiger partial charge is 0.00235 e. The van der Waals surface area contributed by atoms with E-state index in [0.29, 0.717) is 0 Å². The molecule has 26 heavy (non-hydrogen) atoms. The second kappa shape index (κ2) is 10.1. The van der Waals surface area contributed by atoms with Crippen LogP contribution in [0.1, 0.15) is 13.8 Å². The van der Waals surface area contributed by atoms with Crippen LogP contribution in [-0.4, -0.2) is 52.3 Å². The van der Waals surface area contributed by atoms with E-state index in [9.17, 15) is 0 Å². The molecule has 0 saturated carbocycles. The van der Waals surface area contributed by atoms with Gasteiger partial charge >= 0.3 is 0 Å². The Morgan fingerprint density at radius 1 is 0.654 bits per heavy atom. The van der Waals surface area contributed by atoms with E-state index in [1.54, 1.807) is 26.8 Å². The SMILES string of the molecule is CCP(CC)c1ccccc1-c1c(P(C)C)cc(P(C)C)cc1P(C)C. The summed E-state index contributed by atoms with van der Waals surface area (Å²) >= 11 is 0. The van der Waals surface area contributed by atoms with E-state index in [4.69, 9.17) is 0 Å². The molecular formula is C22H34P4. The van der Waals surface area contributed by atoms with Gasteiger partial charge in [-0.3, -0.25) is 0 Å². The van der Waals surface area contributed by atoms with Crippen molar-refractivity contribution in [1.29, 1.82) is 0 Å². The van der Waals surface area contributed by atoms with Crippen LogP contribution in [0.5, 0.6) is 0 Å². The molecule has 0 fully saturated rings. The van der Waals surface area contributed by atoms with Crippen molar-refractivity contribution in [2.75, 3.05) is 52.3 Å². The van der Waals surface area contributed by atoms with Crippen LogP contribution in [0.15, 0.2) is 36.4 Å². The van der Waals surface area contributed by atoms with Gasteiger partial charge in [0.1, 0.15) is 0 Å². The van der Waals surface area contributed by atoms with Crippen LogP contribution in [0.3, 0.4) is 0 Å². The van der Waals surface area contributed by atoms with Gasteiger partial charge in [-0.15, -0.1) is 0 Å². The van der Waals surface area contributed by atoms with Crippen LogP contribution in [0.25, 0.3) is 11.1 Å². The zero-order chi connectivity index (χ0) is 19.4. The van der Waals surface area contributed by atoms with Crippen LogP contribution < -0.4 is 21.2 Å². The molecule has 0 aliphatic carbocycles. The molecule has 0 amide bonds. The van der Waals surface area contributed by atoms with Crippen molar-refractivity contribution in [2.24, 2.45) is 0 Å². The Morgan fingerprint density at radius 3 is 1.58 bits per heavy atom. The zero-order valence-electron chi connectivity index (χ0n) is 17.7. The lowest BCUT2D eigenvalue weighted by atomic mass is 10.1. The normalized spacial score (nSPS) is 12.0. The minimum Gasteiger partial charge on any atom is -0.0816 e. The van der Waals surface area contributed by atoms with Crippen molar-refractivity contribution in [3.63, 3.8) is 0 Å². The van der Waals surface area contributed by atoms with Crippen molar-refractivity contribution in [1.82, 2.24) is 0 Å². The van der Waals surface area contributed by atoms with Crippen molar-refractivity contribution < 1.29 is 0 Å². The van der Waals surface area contributed by atoms with Gasteiger partial charge in [-0.1, -0.05) is 69.8 Å². The Balaban J connectivity index is 2.85.